The zero-order valence-corrected chi connectivity index (χ0v) is 10.6. The van der Waals surface area contributed by atoms with Gasteiger partial charge in [0.25, 0.3) is 0 Å². The van der Waals surface area contributed by atoms with Crippen molar-refractivity contribution < 1.29 is 9.53 Å². The van der Waals surface area contributed by atoms with Crippen LogP contribution in [0.5, 0.6) is 5.75 Å². The molecule has 94 valence electrons. The molecule has 0 bridgehead atoms. The maximum atomic E-state index is 11.6. The van der Waals surface area contributed by atoms with Crippen LogP contribution < -0.4 is 10.5 Å². The number of likely N-dealkylation sites (N-methyl/N-ethyl adjacent to an activating group) is 1. The van der Waals surface area contributed by atoms with Crippen LogP contribution in [-0.2, 0) is 0 Å². The highest BCUT2D eigenvalue weighted by atomic mass is 16.6. The highest BCUT2D eigenvalue weighted by Crippen LogP contribution is 2.20. The Morgan fingerprint density at radius 1 is 1.47 bits per heavy atom. The number of benzene rings is 1. The summed E-state index contributed by atoms with van der Waals surface area (Å²) >= 11 is 0. The van der Waals surface area contributed by atoms with Gasteiger partial charge in [-0.25, -0.2) is 4.79 Å². The van der Waals surface area contributed by atoms with Gasteiger partial charge in [0.05, 0.1) is 0 Å². The quantitative estimate of drug-likeness (QED) is 0.872. The fourth-order valence-corrected chi connectivity index (χ4v) is 1.40. The van der Waals surface area contributed by atoms with Crippen molar-refractivity contribution in [2.45, 2.75) is 19.8 Å². The van der Waals surface area contributed by atoms with Gasteiger partial charge in [0, 0.05) is 20.1 Å². The zero-order chi connectivity index (χ0) is 12.8. The maximum absolute atomic E-state index is 11.6. The summed E-state index contributed by atoms with van der Waals surface area (Å²) in [5.41, 5.74) is 6.52. The Morgan fingerprint density at radius 2 is 2.18 bits per heavy atom. The van der Waals surface area contributed by atoms with Gasteiger partial charge in [-0.2, -0.15) is 0 Å². The Bertz CT molecular complexity index is 377. The molecule has 0 fully saturated rings. The number of carbonyl (C=O) groups is 1. The summed E-state index contributed by atoms with van der Waals surface area (Å²) in [6, 6.07) is 7.57. The lowest BCUT2D eigenvalue weighted by molar-refractivity contribution is 0.164. The third kappa shape index (κ3) is 4.07. The fraction of sp³-hybridized carbons (Fsp3) is 0.462. The van der Waals surface area contributed by atoms with Crippen LogP contribution in [0.2, 0.25) is 0 Å². The minimum Gasteiger partial charge on any atom is -0.410 e. The van der Waals surface area contributed by atoms with Crippen molar-refractivity contribution in [2.24, 2.45) is 5.73 Å². The van der Waals surface area contributed by atoms with Gasteiger partial charge in [-0.15, -0.1) is 0 Å². The average Bonchev–Trinajstić information content (AvgIpc) is 2.29. The van der Waals surface area contributed by atoms with Gasteiger partial charge in [-0.3, -0.25) is 0 Å². The molecule has 0 heterocycles. The molecule has 2 N–H and O–H groups in total. The number of amides is 1. The second-order valence-electron chi connectivity index (χ2n) is 4.31. The average molecular weight is 236 g/mol. The molecule has 0 aliphatic carbocycles. The normalized spacial score (nSPS) is 10.4. The minimum atomic E-state index is -0.378. The van der Waals surface area contributed by atoms with Gasteiger partial charge in [0.1, 0.15) is 5.75 Å². The molecule has 0 aliphatic heterocycles. The first-order valence-corrected chi connectivity index (χ1v) is 5.77. The molecular weight excluding hydrogens is 216 g/mol. The summed E-state index contributed by atoms with van der Waals surface area (Å²) in [6.07, 6.45) is -0.378. The highest BCUT2D eigenvalue weighted by molar-refractivity contribution is 5.70. The molecule has 1 amide bonds. The molecule has 4 heteroatoms. The standard InChI is InChI=1S/C13H20N2O2/c1-10(2)11-5-4-6-12(9-11)17-13(16)15(3)8-7-14/h4-6,9-10H,7-8,14H2,1-3H3. The van der Waals surface area contributed by atoms with Crippen LogP contribution >= 0.6 is 0 Å². The Kier molecular flexibility index (Phi) is 4.97. The summed E-state index contributed by atoms with van der Waals surface area (Å²) in [5, 5.41) is 0. The molecule has 17 heavy (non-hydrogen) atoms. The highest BCUT2D eigenvalue weighted by Gasteiger charge is 2.10. The zero-order valence-electron chi connectivity index (χ0n) is 10.6. The Hall–Kier alpha value is -1.55. The summed E-state index contributed by atoms with van der Waals surface area (Å²) < 4.78 is 5.25. The molecule has 1 aromatic carbocycles. The van der Waals surface area contributed by atoms with Crippen LogP contribution in [0.15, 0.2) is 24.3 Å². The van der Waals surface area contributed by atoms with E-state index >= 15 is 0 Å². The summed E-state index contributed by atoms with van der Waals surface area (Å²) in [4.78, 5) is 13.1. The monoisotopic (exact) mass is 236 g/mol. The van der Waals surface area contributed by atoms with E-state index in [1.54, 1.807) is 13.1 Å². The van der Waals surface area contributed by atoms with E-state index in [1.165, 1.54) is 4.90 Å². The van der Waals surface area contributed by atoms with E-state index in [1.807, 2.05) is 18.2 Å². The van der Waals surface area contributed by atoms with E-state index in [-0.39, 0.29) is 6.09 Å². The van der Waals surface area contributed by atoms with Crippen LogP contribution in [0.1, 0.15) is 25.3 Å². The first-order chi connectivity index (χ1) is 8.04. The van der Waals surface area contributed by atoms with E-state index in [0.717, 1.165) is 5.56 Å². The third-order valence-electron chi connectivity index (χ3n) is 2.51. The molecule has 0 unspecified atom stereocenters. The van der Waals surface area contributed by atoms with Gasteiger partial charge in [0.2, 0.25) is 0 Å². The van der Waals surface area contributed by atoms with Crippen molar-refractivity contribution in [3.8, 4) is 5.75 Å². The molecule has 0 radical (unpaired) electrons. The lowest BCUT2D eigenvalue weighted by Gasteiger charge is -2.16. The van der Waals surface area contributed by atoms with Crippen LogP contribution in [-0.4, -0.2) is 31.1 Å². The van der Waals surface area contributed by atoms with Gasteiger partial charge in [-0.1, -0.05) is 26.0 Å². The van der Waals surface area contributed by atoms with Gasteiger partial charge < -0.3 is 15.4 Å². The third-order valence-corrected chi connectivity index (χ3v) is 2.51. The number of hydrogen-bond donors (Lipinski definition) is 1. The van der Waals surface area contributed by atoms with Crippen molar-refractivity contribution in [1.82, 2.24) is 4.90 Å². The van der Waals surface area contributed by atoms with Crippen LogP contribution in [0.25, 0.3) is 0 Å². The fourth-order valence-electron chi connectivity index (χ4n) is 1.40. The van der Waals surface area contributed by atoms with E-state index in [0.29, 0.717) is 24.8 Å². The van der Waals surface area contributed by atoms with Crippen molar-refractivity contribution in [1.29, 1.82) is 0 Å². The van der Waals surface area contributed by atoms with Crippen LogP contribution in [0.4, 0.5) is 4.79 Å². The number of nitrogens with two attached hydrogens (primary N) is 1. The molecular formula is C13H20N2O2. The first-order valence-electron chi connectivity index (χ1n) is 5.77. The van der Waals surface area contributed by atoms with Gasteiger partial charge in [0.15, 0.2) is 0 Å². The maximum Gasteiger partial charge on any atom is 0.415 e. The lowest BCUT2D eigenvalue weighted by Crippen LogP contribution is -2.33. The molecule has 0 aliphatic rings. The second kappa shape index (κ2) is 6.25. The van der Waals surface area contributed by atoms with Gasteiger partial charge >= 0.3 is 6.09 Å². The van der Waals surface area contributed by atoms with E-state index in [9.17, 15) is 4.79 Å². The molecule has 0 spiro atoms. The van der Waals surface area contributed by atoms with Crippen molar-refractivity contribution >= 4 is 6.09 Å². The lowest BCUT2D eigenvalue weighted by atomic mass is 10.0. The van der Waals surface area contributed by atoms with Crippen molar-refractivity contribution in [3.05, 3.63) is 29.8 Å². The molecule has 0 saturated heterocycles. The Labute approximate surface area is 102 Å². The molecule has 0 atom stereocenters. The van der Waals surface area contributed by atoms with Crippen molar-refractivity contribution in [2.75, 3.05) is 20.1 Å². The summed E-state index contributed by atoms with van der Waals surface area (Å²) in [5.74, 6) is 0.987. The first kappa shape index (κ1) is 13.5. The number of hydrogen-bond acceptors (Lipinski definition) is 3. The van der Waals surface area contributed by atoms with E-state index in [2.05, 4.69) is 13.8 Å². The van der Waals surface area contributed by atoms with E-state index < -0.39 is 0 Å². The molecule has 0 saturated carbocycles. The number of ether oxygens (including phenoxy) is 1. The minimum absolute atomic E-state index is 0.378. The van der Waals surface area contributed by atoms with Crippen LogP contribution in [0, 0.1) is 0 Å². The predicted molar refractivity (Wildman–Crippen MR) is 68.2 cm³/mol. The number of nitrogens with zero attached hydrogens (tertiary/aromatic N) is 1. The predicted octanol–water partition coefficient (Wildman–Crippen LogP) is 2.20. The molecule has 0 aromatic heterocycles. The Morgan fingerprint density at radius 3 is 2.76 bits per heavy atom. The SMILES string of the molecule is CC(C)c1cccc(OC(=O)N(C)CCN)c1. The smallest absolute Gasteiger partial charge is 0.410 e. The van der Waals surface area contributed by atoms with Crippen LogP contribution in [0.3, 0.4) is 0 Å². The number of rotatable bonds is 4. The topological polar surface area (TPSA) is 55.6 Å². The van der Waals surface area contributed by atoms with Crippen molar-refractivity contribution in [3.63, 3.8) is 0 Å². The molecule has 1 aromatic rings. The molecule has 4 nitrogen and oxygen atoms in total. The Balaban J connectivity index is 2.68. The summed E-state index contributed by atoms with van der Waals surface area (Å²) in [7, 11) is 1.67. The van der Waals surface area contributed by atoms with Gasteiger partial charge in [-0.05, 0) is 23.6 Å². The molecule has 1 rings (SSSR count). The van der Waals surface area contributed by atoms with E-state index in [4.69, 9.17) is 10.5 Å². The second-order valence-corrected chi connectivity index (χ2v) is 4.31. The largest absolute Gasteiger partial charge is 0.415 e. The summed E-state index contributed by atoms with van der Waals surface area (Å²) in [6.45, 7) is 5.11. The number of carbonyl (C=O) groups excluding carboxylic acids is 1.